The lowest BCUT2D eigenvalue weighted by atomic mass is 10.1. The summed E-state index contributed by atoms with van der Waals surface area (Å²) in [6.07, 6.45) is 3.77. The first-order valence-corrected chi connectivity index (χ1v) is 8.05. The molecule has 5 heteroatoms. The number of rotatable bonds is 5. The van der Waals surface area contributed by atoms with Crippen molar-refractivity contribution in [3.63, 3.8) is 0 Å². The summed E-state index contributed by atoms with van der Waals surface area (Å²) >= 11 is 0. The minimum absolute atomic E-state index is 0.0737. The van der Waals surface area contributed by atoms with Gasteiger partial charge in [-0.05, 0) is 44.4 Å². The van der Waals surface area contributed by atoms with Gasteiger partial charge in [-0.3, -0.25) is 14.6 Å². The van der Waals surface area contributed by atoms with Crippen molar-refractivity contribution in [3.8, 4) is 0 Å². The number of aromatic nitrogens is 1. The van der Waals surface area contributed by atoms with E-state index in [2.05, 4.69) is 15.6 Å². The van der Waals surface area contributed by atoms with Crippen molar-refractivity contribution in [2.24, 2.45) is 0 Å². The van der Waals surface area contributed by atoms with Crippen LogP contribution in [0.15, 0.2) is 36.7 Å². The Hall–Kier alpha value is -2.69. The Bertz CT molecular complexity index is 736. The number of nitrogens with zero attached hydrogens (tertiary/aromatic N) is 1. The van der Waals surface area contributed by atoms with Gasteiger partial charge in [0.25, 0.3) is 11.8 Å². The lowest BCUT2D eigenvalue weighted by Gasteiger charge is -2.13. The molecule has 0 saturated heterocycles. The summed E-state index contributed by atoms with van der Waals surface area (Å²) < 4.78 is 0. The van der Waals surface area contributed by atoms with Crippen molar-refractivity contribution in [3.05, 3.63) is 58.9 Å². The molecule has 0 fully saturated rings. The highest BCUT2D eigenvalue weighted by Crippen LogP contribution is 2.20. The number of nitrogens with one attached hydrogen (secondary N) is 2. The summed E-state index contributed by atoms with van der Waals surface area (Å²) in [6.45, 7) is 7.81. The Morgan fingerprint density at radius 3 is 2.25 bits per heavy atom. The molecular weight excluding hydrogens is 302 g/mol. The molecule has 2 rings (SSSR count). The molecule has 126 valence electrons. The smallest absolute Gasteiger partial charge is 0.257 e. The average Bonchev–Trinajstić information content (AvgIpc) is 2.58. The fourth-order valence-corrected chi connectivity index (χ4v) is 2.29. The summed E-state index contributed by atoms with van der Waals surface area (Å²) in [5.41, 5.74) is 3.50. The van der Waals surface area contributed by atoms with Crippen LogP contribution in [-0.4, -0.2) is 22.8 Å². The highest BCUT2D eigenvalue weighted by Gasteiger charge is 2.14. The quantitative estimate of drug-likeness (QED) is 0.884. The lowest BCUT2D eigenvalue weighted by molar-refractivity contribution is 0.0939. The van der Waals surface area contributed by atoms with Crippen LogP contribution >= 0.6 is 0 Å². The zero-order valence-corrected chi connectivity index (χ0v) is 14.5. The molecule has 0 saturated carbocycles. The normalized spacial score (nSPS) is 11.7. The summed E-state index contributed by atoms with van der Waals surface area (Å²) in [7, 11) is 0. The monoisotopic (exact) mass is 325 g/mol. The van der Waals surface area contributed by atoms with Gasteiger partial charge in [0.15, 0.2) is 0 Å². The third-order valence-electron chi connectivity index (χ3n) is 3.97. The Kier molecular flexibility index (Phi) is 5.68. The summed E-state index contributed by atoms with van der Waals surface area (Å²) in [5.74, 6) is -0.503. The highest BCUT2D eigenvalue weighted by atomic mass is 16.2. The van der Waals surface area contributed by atoms with Gasteiger partial charge in [-0.15, -0.1) is 0 Å². The number of pyridine rings is 1. The second-order valence-electron chi connectivity index (χ2n) is 5.97. The molecule has 24 heavy (non-hydrogen) atoms. The summed E-state index contributed by atoms with van der Waals surface area (Å²) in [5, 5.41) is 5.77. The van der Waals surface area contributed by atoms with Crippen molar-refractivity contribution in [1.82, 2.24) is 10.3 Å². The fourth-order valence-electron chi connectivity index (χ4n) is 2.29. The summed E-state index contributed by atoms with van der Waals surface area (Å²) in [4.78, 5) is 28.7. The molecule has 0 radical (unpaired) electrons. The Balaban J connectivity index is 2.19. The number of anilines is 1. The van der Waals surface area contributed by atoms with Crippen LogP contribution in [0, 0.1) is 13.8 Å². The first-order chi connectivity index (χ1) is 11.4. The molecule has 0 aliphatic rings. The van der Waals surface area contributed by atoms with E-state index >= 15 is 0 Å². The van der Waals surface area contributed by atoms with Crippen LogP contribution in [-0.2, 0) is 0 Å². The molecule has 2 N–H and O–H groups in total. The molecule has 2 amide bonds. The highest BCUT2D eigenvalue weighted by molar-refractivity contribution is 6.06. The Morgan fingerprint density at radius 2 is 1.67 bits per heavy atom. The molecule has 1 aromatic heterocycles. The Morgan fingerprint density at radius 1 is 1.08 bits per heavy atom. The molecule has 1 atom stereocenters. The zero-order chi connectivity index (χ0) is 17.7. The van der Waals surface area contributed by atoms with Gasteiger partial charge in [-0.2, -0.15) is 0 Å². The van der Waals surface area contributed by atoms with Crippen LogP contribution in [0.2, 0.25) is 0 Å². The van der Waals surface area contributed by atoms with Crippen molar-refractivity contribution in [2.75, 3.05) is 5.32 Å². The van der Waals surface area contributed by atoms with Gasteiger partial charge in [0, 0.05) is 24.1 Å². The van der Waals surface area contributed by atoms with Gasteiger partial charge in [0.2, 0.25) is 0 Å². The molecule has 1 aromatic carbocycles. The van der Waals surface area contributed by atoms with E-state index in [4.69, 9.17) is 0 Å². The number of aryl methyl sites for hydroxylation is 2. The number of hydrogen-bond donors (Lipinski definition) is 2. The third kappa shape index (κ3) is 4.19. The zero-order valence-electron chi connectivity index (χ0n) is 14.5. The number of carbonyl (C=O) groups excluding carboxylic acids is 2. The van der Waals surface area contributed by atoms with Crippen molar-refractivity contribution in [1.29, 1.82) is 0 Å². The third-order valence-corrected chi connectivity index (χ3v) is 3.97. The average molecular weight is 325 g/mol. The molecule has 0 spiro atoms. The van der Waals surface area contributed by atoms with Gasteiger partial charge in [-0.1, -0.05) is 25.1 Å². The van der Waals surface area contributed by atoms with Crippen LogP contribution < -0.4 is 10.6 Å². The predicted molar refractivity (Wildman–Crippen MR) is 95.3 cm³/mol. The van der Waals surface area contributed by atoms with Crippen LogP contribution in [0.25, 0.3) is 0 Å². The molecule has 1 unspecified atom stereocenters. The van der Waals surface area contributed by atoms with Crippen LogP contribution in [0.1, 0.15) is 52.1 Å². The predicted octanol–water partition coefficient (Wildman–Crippen LogP) is 3.48. The van der Waals surface area contributed by atoms with Crippen LogP contribution in [0.4, 0.5) is 5.69 Å². The van der Waals surface area contributed by atoms with E-state index in [0.717, 1.165) is 23.2 Å². The summed E-state index contributed by atoms with van der Waals surface area (Å²) in [6, 6.07) is 7.47. The standard InChI is InChI=1S/C19H23N3O2/c1-5-14(4)21-18(23)15-9-16(11-20-10-15)19(24)22-17-12(2)7-6-8-13(17)3/h6-11,14H,5H2,1-4H3,(H,21,23)(H,22,24). The van der Waals surface area contributed by atoms with Gasteiger partial charge in [0.1, 0.15) is 0 Å². The van der Waals surface area contributed by atoms with Gasteiger partial charge < -0.3 is 10.6 Å². The van der Waals surface area contributed by atoms with Crippen molar-refractivity contribution < 1.29 is 9.59 Å². The van der Waals surface area contributed by atoms with Crippen molar-refractivity contribution in [2.45, 2.75) is 40.2 Å². The van der Waals surface area contributed by atoms with Gasteiger partial charge in [-0.25, -0.2) is 0 Å². The lowest BCUT2D eigenvalue weighted by Crippen LogP contribution is -2.32. The van der Waals surface area contributed by atoms with E-state index in [1.165, 1.54) is 12.4 Å². The van der Waals surface area contributed by atoms with Gasteiger partial charge >= 0.3 is 0 Å². The van der Waals surface area contributed by atoms with E-state index < -0.39 is 0 Å². The SMILES string of the molecule is CCC(C)NC(=O)c1cncc(C(=O)Nc2c(C)cccc2C)c1. The van der Waals surface area contributed by atoms with E-state index in [9.17, 15) is 9.59 Å². The molecule has 2 aromatic rings. The van der Waals surface area contributed by atoms with E-state index in [0.29, 0.717) is 11.1 Å². The number of benzene rings is 1. The molecule has 0 bridgehead atoms. The molecule has 0 aliphatic carbocycles. The fraction of sp³-hybridized carbons (Fsp3) is 0.316. The van der Waals surface area contributed by atoms with E-state index in [1.54, 1.807) is 6.07 Å². The minimum Gasteiger partial charge on any atom is -0.350 e. The number of amides is 2. The second kappa shape index (κ2) is 7.73. The number of para-hydroxylation sites is 1. The Labute approximate surface area is 142 Å². The van der Waals surface area contributed by atoms with Crippen LogP contribution in [0.5, 0.6) is 0 Å². The first kappa shape index (κ1) is 17.7. The topological polar surface area (TPSA) is 71.1 Å². The number of carbonyl (C=O) groups is 2. The maximum absolute atomic E-state index is 12.5. The second-order valence-corrected chi connectivity index (χ2v) is 5.97. The number of hydrogen-bond acceptors (Lipinski definition) is 3. The molecular formula is C19H23N3O2. The van der Waals surface area contributed by atoms with Crippen LogP contribution in [0.3, 0.4) is 0 Å². The first-order valence-electron chi connectivity index (χ1n) is 8.05. The molecule has 1 heterocycles. The van der Waals surface area contributed by atoms with E-state index in [1.807, 2.05) is 45.9 Å². The maximum atomic E-state index is 12.5. The van der Waals surface area contributed by atoms with E-state index in [-0.39, 0.29) is 17.9 Å². The molecule has 0 aliphatic heterocycles. The molecule has 5 nitrogen and oxygen atoms in total. The van der Waals surface area contributed by atoms with Crippen molar-refractivity contribution >= 4 is 17.5 Å². The maximum Gasteiger partial charge on any atom is 0.257 e. The largest absolute Gasteiger partial charge is 0.350 e. The van der Waals surface area contributed by atoms with Gasteiger partial charge in [0.05, 0.1) is 11.1 Å². The minimum atomic E-state index is -0.280.